The quantitative estimate of drug-likeness (QED) is 0.0737. The first-order chi connectivity index (χ1) is 23.1. The van der Waals surface area contributed by atoms with E-state index in [0.717, 1.165) is 6.07 Å². The Morgan fingerprint density at radius 2 is 1.54 bits per heavy atom. The number of hydrogen-bond acceptors (Lipinski definition) is 14. The molecule has 0 atom stereocenters. The van der Waals surface area contributed by atoms with Crippen LogP contribution in [0.25, 0.3) is 27.4 Å². The molecule has 1 aliphatic heterocycles. The number of aromatic nitrogens is 1. The Balaban J connectivity index is 0.00000562. The van der Waals surface area contributed by atoms with Gasteiger partial charge in [0.1, 0.15) is 15.9 Å². The Morgan fingerprint density at radius 3 is 2.12 bits per heavy atom. The average Bonchev–Trinajstić information content (AvgIpc) is 3.03. The fourth-order valence-electron chi connectivity index (χ4n) is 5.69. The molecular weight excluding hydrogens is 703 g/mol. The minimum Gasteiger partial charge on any atom is -0.744 e. The number of carbonyl (C=O) groups excluding carboxylic acids is 2. The van der Waals surface area contributed by atoms with Crippen molar-refractivity contribution in [1.29, 1.82) is 0 Å². The van der Waals surface area contributed by atoms with Crippen LogP contribution < -0.4 is 51.1 Å². The molecule has 50 heavy (non-hydrogen) atoms. The van der Waals surface area contributed by atoms with Crippen molar-refractivity contribution >= 4 is 70.7 Å². The molecular formula is C33H29N2NaO12S2. The van der Waals surface area contributed by atoms with E-state index < -0.39 is 77.1 Å². The number of rotatable bonds is 11. The number of carbonyl (C=O) groups is 2. The third-order valence-electron chi connectivity index (χ3n) is 7.78. The predicted octanol–water partition coefficient (Wildman–Crippen LogP) is -0.766. The van der Waals surface area contributed by atoms with E-state index in [0.29, 0.717) is 0 Å². The van der Waals surface area contributed by atoms with Crippen LogP contribution in [0, 0.1) is 16.4 Å². The van der Waals surface area contributed by atoms with Crippen molar-refractivity contribution in [1.82, 2.24) is 4.98 Å². The molecule has 1 aliphatic carbocycles. The molecule has 0 radical (unpaired) electrons. The summed E-state index contributed by atoms with van der Waals surface area (Å²) < 4.78 is 74.2. The van der Waals surface area contributed by atoms with Crippen LogP contribution in [0.5, 0.6) is 0 Å². The fourth-order valence-corrected chi connectivity index (χ4v) is 7.71. The molecule has 0 bridgehead atoms. The molecule has 0 saturated carbocycles. The van der Waals surface area contributed by atoms with Gasteiger partial charge in [-0.3, -0.25) is 19.2 Å². The minimum absolute atomic E-state index is 0. The SMILES string of the molecule is CCOC(=O)C(CCS(=O)(=O)c1cccc(Nc2cc(S(=O)(=O)[O-])c3nc(=O)c(=C(C)O)c4c5ccccc5c(=O)c2c3=4)c1)C(=O)OCC.[Na+]. The number of benzene rings is 3. The van der Waals surface area contributed by atoms with E-state index in [4.69, 9.17) is 9.47 Å². The van der Waals surface area contributed by atoms with E-state index >= 15 is 0 Å². The zero-order valence-electron chi connectivity index (χ0n) is 27.3. The van der Waals surface area contributed by atoms with Gasteiger partial charge >= 0.3 is 41.5 Å². The summed E-state index contributed by atoms with van der Waals surface area (Å²) >= 11 is 0. The van der Waals surface area contributed by atoms with Crippen LogP contribution in [0.15, 0.2) is 74.0 Å². The Bertz CT molecular complexity index is 2590. The normalized spacial score (nSPS) is 12.6. The van der Waals surface area contributed by atoms with E-state index in [9.17, 15) is 45.7 Å². The molecule has 0 aromatic heterocycles. The molecule has 2 aliphatic rings. The number of hydrogen-bond donors (Lipinski definition) is 2. The average molecular weight is 733 g/mol. The molecule has 0 amide bonds. The van der Waals surface area contributed by atoms with Crippen LogP contribution in [0.3, 0.4) is 0 Å². The Hall–Kier alpha value is -4.19. The molecule has 0 fully saturated rings. The Morgan fingerprint density at radius 1 is 0.920 bits per heavy atom. The van der Waals surface area contributed by atoms with E-state index in [1.807, 2.05) is 0 Å². The molecule has 3 aromatic rings. The molecule has 2 N–H and O–H groups in total. The first kappa shape index (κ1) is 38.6. The van der Waals surface area contributed by atoms with Gasteiger partial charge in [-0.15, -0.1) is 0 Å². The smallest absolute Gasteiger partial charge is 0.744 e. The molecule has 0 saturated heterocycles. The van der Waals surface area contributed by atoms with Gasteiger partial charge in [0.15, 0.2) is 21.2 Å². The standard InChI is InChI=1S/C33H30N2O12S2.Na/c1-4-46-32(39)22(33(40)47-5-2)13-14-48(41,42)19-10-8-9-18(15-19)34-23-16-24(49(43,44)45)29-28-26(25(17(3)36)31(38)35-29)20-11-6-7-12-21(20)30(37)27(23)28;/h6-12,15-16,22,34,36H,4-5,13-14H2,1-3H3,(H,43,44,45);/q;+1/p-1. The maximum atomic E-state index is 14.0. The van der Waals surface area contributed by atoms with Gasteiger partial charge in [-0.05, 0) is 56.8 Å². The second kappa shape index (κ2) is 15.0. The van der Waals surface area contributed by atoms with E-state index in [2.05, 4.69) is 10.3 Å². The number of sulfone groups is 1. The summed E-state index contributed by atoms with van der Waals surface area (Å²) in [6.07, 6.45) is -0.438. The van der Waals surface area contributed by atoms with Crippen LogP contribution in [-0.4, -0.2) is 62.4 Å². The maximum Gasteiger partial charge on any atom is 1.00 e. The zero-order chi connectivity index (χ0) is 35.8. The third kappa shape index (κ3) is 7.31. The number of ether oxygens (including phenoxy) is 2. The molecule has 256 valence electrons. The maximum absolute atomic E-state index is 14.0. The molecule has 3 aromatic carbocycles. The summed E-state index contributed by atoms with van der Waals surface area (Å²) in [4.78, 5) is 54.5. The van der Waals surface area contributed by atoms with Gasteiger partial charge in [0.2, 0.25) is 0 Å². The van der Waals surface area contributed by atoms with E-state index in [-0.39, 0.29) is 90.9 Å². The summed E-state index contributed by atoms with van der Waals surface area (Å²) in [7, 11) is -9.48. The first-order valence-corrected chi connectivity index (χ1v) is 17.9. The first-order valence-electron chi connectivity index (χ1n) is 14.9. The van der Waals surface area contributed by atoms with Crippen LogP contribution in [-0.2, 0) is 39.0 Å². The van der Waals surface area contributed by atoms with Gasteiger partial charge in [-0.25, -0.2) is 21.8 Å². The Kier molecular flexibility index (Phi) is 11.6. The molecule has 14 nitrogen and oxygen atoms in total. The van der Waals surface area contributed by atoms with Crippen LogP contribution in [0.1, 0.15) is 27.2 Å². The van der Waals surface area contributed by atoms with Crippen molar-refractivity contribution in [3.8, 4) is 0 Å². The molecule has 17 heteroatoms. The number of aliphatic hydroxyl groups is 1. The number of nitrogens with one attached hydrogen (secondary N) is 1. The van der Waals surface area contributed by atoms with Crippen molar-refractivity contribution in [3.63, 3.8) is 0 Å². The van der Waals surface area contributed by atoms with Gasteiger partial charge in [0.05, 0.1) is 50.6 Å². The predicted molar refractivity (Wildman–Crippen MR) is 176 cm³/mol. The van der Waals surface area contributed by atoms with Crippen molar-refractivity contribution in [2.24, 2.45) is 5.92 Å². The van der Waals surface area contributed by atoms with E-state index in [1.165, 1.54) is 57.2 Å². The summed E-state index contributed by atoms with van der Waals surface area (Å²) in [5, 5.41) is 13.0. The Labute approximate surface area is 307 Å². The van der Waals surface area contributed by atoms with Gasteiger partial charge < -0.3 is 24.4 Å². The van der Waals surface area contributed by atoms with Gasteiger partial charge in [-0.1, -0.05) is 30.3 Å². The molecule has 0 spiro atoms. The number of aliphatic hydroxyl groups excluding tert-OH is 1. The van der Waals surface area contributed by atoms with Crippen molar-refractivity contribution in [3.05, 3.63) is 90.8 Å². The number of nitrogens with zero attached hydrogens (tertiary/aromatic N) is 1. The van der Waals surface area contributed by atoms with E-state index in [1.54, 1.807) is 12.1 Å². The van der Waals surface area contributed by atoms with Gasteiger partial charge in [-0.2, -0.15) is 0 Å². The van der Waals surface area contributed by atoms with Gasteiger partial charge in [0.25, 0.3) is 5.56 Å². The minimum atomic E-state index is -5.32. The fraction of sp³-hybridized carbons (Fsp3) is 0.242. The van der Waals surface area contributed by atoms with Crippen LogP contribution in [0.2, 0.25) is 0 Å². The largest absolute Gasteiger partial charge is 1.00 e. The summed E-state index contributed by atoms with van der Waals surface area (Å²) in [5.74, 6) is -4.45. The molecule has 1 heterocycles. The van der Waals surface area contributed by atoms with Gasteiger partial charge in [0, 0.05) is 21.5 Å². The van der Waals surface area contributed by atoms with Crippen molar-refractivity contribution in [2.75, 3.05) is 24.3 Å². The zero-order valence-corrected chi connectivity index (χ0v) is 30.9. The number of fused-ring (bicyclic) bond motifs is 2. The summed E-state index contributed by atoms with van der Waals surface area (Å²) in [6.45, 7) is 4.21. The third-order valence-corrected chi connectivity index (χ3v) is 10.4. The van der Waals surface area contributed by atoms with Crippen molar-refractivity contribution < 1.29 is 75.1 Å². The van der Waals surface area contributed by atoms with Crippen LogP contribution in [0.4, 0.5) is 11.4 Å². The topological polar surface area (TPSA) is 223 Å². The summed E-state index contributed by atoms with van der Waals surface area (Å²) in [6, 6.07) is 12.2. The van der Waals surface area contributed by atoms with Crippen molar-refractivity contribution in [2.45, 2.75) is 37.0 Å². The number of anilines is 2. The van der Waals surface area contributed by atoms with Crippen LogP contribution >= 0.6 is 0 Å². The number of esters is 2. The monoisotopic (exact) mass is 732 g/mol. The molecule has 0 unspecified atom stereocenters. The second-order valence-corrected chi connectivity index (χ2v) is 14.4. The second-order valence-electron chi connectivity index (χ2n) is 10.9. The molecule has 5 rings (SSSR count). The summed E-state index contributed by atoms with van der Waals surface area (Å²) in [5.41, 5.74) is -2.37.